The lowest BCUT2D eigenvalue weighted by atomic mass is 10.1. The van der Waals surface area contributed by atoms with Crippen molar-refractivity contribution >= 4 is 16.9 Å². The van der Waals surface area contributed by atoms with Gasteiger partial charge in [-0.1, -0.05) is 12.1 Å². The number of hydrogen-bond donors (Lipinski definition) is 1. The maximum Gasteiger partial charge on any atom is 0.342 e. The number of aromatic nitrogens is 5. The molecule has 0 amide bonds. The maximum absolute atomic E-state index is 12.5. The van der Waals surface area contributed by atoms with E-state index in [2.05, 4.69) is 20.3 Å². The van der Waals surface area contributed by atoms with Gasteiger partial charge in [0, 0.05) is 29.9 Å². The molecule has 1 aromatic carbocycles. The molecule has 0 bridgehead atoms. The summed E-state index contributed by atoms with van der Waals surface area (Å²) in [6.07, 6.45) is 6.79. The van der Waals surface area contributed by atoms with Crippen LogP contribution in [0.3, 0.4) is 0 Å². The predicted octanol–water partition coefficient (Wildman–Crippen LogP) is 3.20. The number of aryl methyl sites for hydroxylation is 1. The standard InChI is InChI=1S/C19H17N5O2/c1-2-24-11-15(9-22-24)18-16(10-21-23-18)19(25)26-12-13-5-6-17-14(8-13)4-3-7-20-17/h3-11H,2,12H2,1H3,(H,21,23). The zero-order valence-corrected chi connectivity index (χ0v) is 14.2. The van der Waals surface area contributed by atoms with Crippen molar-refractivity contribution in [3.63, 3.8) is 0 Å². The first-order chi connectivity index (χ1) is 12.7. The number of carbonyl (C=O) groups excluding carboxylic acids is 1. The van der Waals surface area contributed by atoms with Crippen LogP contribution in [0, 0.1) is 0 Å². The van der Waals surface area contributed by atoms with Crippen LogP contribution in [0.4, 0.5) is 0 Å². The Kier molecular flexibility index (Phi) is 4.18. The molecule has 4 aromatic rings. The number of hydrogen-bond acceptors (Lipinski definition) is 5. The van der Waals surface area contributed by atoms with E-state index in [0.717, 1.165) is 28.6 Å². The smallest absolute Gasteiger partial charge is 0.342 e. The Morgan fingerprint density at radius 3 is 3.04 bits per heavy atom. The van der Waals surface area contributed by atoms with Gasteiger partial charge in [-0.25, -0.2) is 4.79 Å². The summed E-state index contributed by atoms with van der Waals surface area (Å²) in [4.78, 5) is 16.8. The van der Waals surface area contributed by atoms with Crippen molar-refractivity contribution in [3.05, 3.63) is 66.2 Å². The van der Waals surface area contributed by atoms with E-state index in [-0.39, 0.29) is 6.61 Å². The predicted molar refractivity (Wildman–Crippen MR) is 96.3 cm³/mol. The highest BCUT2D eigenvalue weighted by molar-refractivity contribution is 5.95. The molecule has 1 N–H and O–H groups in total. The molecule has 130 valence electrons. The second kappa shape index (κ2) is 6.79. The zero-order valence-electron chi connectivity index (χ0n) is 14.2. The van der Waals surface area contributed by atoms with Gasteiger partial charge in [-0.05, 0) is 30.7 Å². The number of carbonyl (C=O) groups is 1. The van der Waals surface area contributed by atoms with E-state index < -0.39 is 5.97 Å². The lowest BCUT2D eigenvalue weighted by Crippen LogP contribution is -2.05. The summed E-state index contributed by atoms with van der Waals surface area (Å²) in [6, 6.07) is 9.65. The highest BCUT2D eigenvalue weighted by Crippen LogP contribution is 2.22. The number of esters is 1. The molecule has 0 aliphatic carbocycles. The third-order valence-corrected chi connectivity index (χ3v) is 4.14. The molecule has 0 saturated carbocycles. The van der Waals surface area contributed by atoms with Gasteiger partial charge in [0.25, 0.3) is 0 Å². The Balaban J connectivity index is 1.50. The number of nitrogens with zero attached hydrogens (tertiary/aromatic N) is 4. The minimum atomic E-state index is -0.427. The van der Waals surface area contributed by atoms with Crippen molar-refractivity contribution in [2.24, 2.45) is 0 Å². The second-order valence-corrected chi connectivity index (χ2v) is 5.85. The van der Waals surface area contributed by atoms with Gasteiger partial charge in [0.2, 0.25) is 0 Å². The SMILES string of the molecule is CCn1cc(-c2[nH]ncc2C(=O)OCc2ccc3ncccc3c2)cn1. The summed E-state index contributed by atoms with van der Waals surface area (Å²) < 4.78 is 7.26. The quantitative estimate of drug-likeness (QED) is 0.560. The largest absolute Gasteiger partial charge is 0.457 e. The average Bonchev–Trinajstić information content (AvgIpc) is 3.34. The number of rotatable bonds is 5. The minimum absolute atomic E-state index is 0.183. The van der Waals surface area contributed by atoms with Crippen LogP contribution in [0.25, 0.3) is 22.2 Å². The first-order valence-corrected chi connectivity index (χ1v) is 8.31. The monoisotopic (exact) mass is 347 g/mol. The summed E-state index contributed by atoms with van der Waals surface area (Å²) in [5.41, 5.74) is 3.61. The Bertz CT molecular complexity index is 1070. The van der Waals surface area contributed by atoms with Gasteiger partial charge in [-0.15, -0.1) is 0 Å². The van der Waals surface area contributed by atoms with E-state index in [9.17, 15) is 4.79 Å². The van der Waals surface area contributed by atoms with Gasteiger partial charge in [-0.2, -0.15) is 10.2 Å². The Labute approximate surface area is 149 Å². The van der Waals surface area contributed by atoms with Gasteiger partial charge in [0.1, 0.15) is 12.2 Å². The molecule has 0 saturated heterocycles. The number of benzene rings is 1. The zero-order chi connectivity index (χ0) is 17.9. The topological polar surface area (TPSA) is 85.7 Å². The van der Waals surface area contributed by atoms with E-state index in [1.54, 1.807) is 17.1 Å². The van der Waals surface area contributed by atoms with Gasteiger partial charge < -0.3 is 4.74 Å². The van der Waals surface area contributed by atoms with Crippen LogP contribution in [-0.4, -0.2) is 30.9 Å². The van der Waals surface area contributed by atoms with E-state index in [1.165, 1.54) is 6.20 Å². The van der Waals surface area contributed by atoms with Crippen LogP contribution < -0.4 is 0 Å². The molecule has 0 fully saturated rings. The molecule has 7 heteroatoms. The summed E-state index contributed by atoms with van der Waals surface area (Å²) in [5, 5.41) is 12.1. The lowest BCUT2D eigenvalue weighted by Gasteiger charge is -2.06. The van der Waals surface area contributed by atoms with Crippen LogP contribution in [0.2, 0.25) is 0 Å². The second-order valence-electron chi connectivity index (χ2n) is 5.85. The van der Waals surface area contributed by atoms with Crippen molar-refractivity contribution in [2.45, 2.75) is 20.1 Å². The van der Waals surface area contributed by atoms with Crippen LogP contribution in [0.5, 0.6) is 0 Å². The molecular weight excluding hydrogens is 330 g/mol. The normalized spacial score (nSPS) is 11.0. The number of nitrogens with one attached hydrogen (secondary N) is 1. The molecule has 3 heterocycles. The van der Waals surface area contributed by atoms with Gasteiger partial charge in [0.15, 0.2) is 0 Å². The summed E-state index contributed by atoms with van der Waals surface area (Å²) >= 11 is 0. The average molecular weight is 347 g/mol. The molecule has 7 nitrogen and oxygen atoms in total. The maximum atomic E-state index is 12.5. The summed E-state index contributed by atoms with van der Waals surface area (Å²) in [7, 11) is 0. The number of ether oxygens (including phenoxy) is 1. The van der Waals surface area contributed by atoms with Gasteiger partial charge in [0.05, 0.1) is 23.6 Å². The van der Waals surface area contributed by atoms with E-state index in [1.807, 2.05) is 43.5 Å². The Morgan fingerprint density at radius 2 is 2.19 bits per heavy atom. The van der Waals surface area contributed by atoms with Crippen molar-refractivity contribution in [1.29, 1.82) is 0 Å². The molecular formula is C19H17N5O2. The van der Waals surface area contributed by atoms with Crippen molar-refractivity contribution < 1.29 is 9.53 Å². The molecule has 26 heavy (non-hydrogen) atoms. The van der Waals surface area contributed by atoms with Crippen molar-refractivity contribution in [1.82, 2.24) is 25.0 Å². The minimum Gasteiger partial charge on any atom is -0.457 e. The van der Waals surface area contributed by atoms with Gasteiger partial charge >= 0.3 is 5.97 Å². The van der Waals surface area contributed by atoms with E-state index >= 15 is 0 Å². The molecule has 4 rings (SSSR count). The van der Waals surface area contributed by atoms with Crippen LogP contribution in [0.1, 0.15) is 22.8 Å². The van der Waals surface area contributed by atoms with Crippen molar-refractivity contribution in [2.75, 3.05) is 0 Å². The summed E-state index contributed by atoms with van der Waals surface area (Å²) in [5.74, 6) is -0.427. The molecule has 0 unspecified atom stereocenters. The molecule has 0 atom stereocenters. The fourth-order valence-corrected chi connectivity index (χ4v) is 2.77. The van der Waals surface area contributed by atoms with Crippen LogP contribution in [-0.2, 0) is 17.9 Å². The lowest BCUT2D eigenvalue weighted by molar-refractivity contribution is 0.0474. The first-order valence-electron chi connectivity index (χ1n) is 8.31. The number of fused-ring (bicyclic) bond motifs is 1. The van der Waals surface area contributed by atoms with Gasteiger partial charge in [-0.3, -0.25) is 14.8 Å². The highest BCUT2D eigenvalue weighted by Gasteiger charge is 2.18. The van der Waals surface area contributed by atoms with Crippen LogP contribution in [0.15, 0.2) is 55.1 Å². The molecule has 0 aliphatic rings. The van der Waals surface area contributed by atoms with Crippen molar-refractivity contribution in [3.8, 4) is 11.3 Å². The molecule has 0 aliphatic heterocycles. The first kappa shape index (κ1) is 16.0. The fourth-order valence-electron chi connectivity index (χ4n) is 2.77. The van der Waals surface area contributed by atoms with E-state index in [0.29, 0.717) is 11.3 Å². The van der Waals surface area contributed by atoms with Crippen LogP contribution >= 0.6 is 0 Å². The Morgan fingerprint density at radius 1 is 1.27 bits per heavy atom. The Hall–Kier alpha value is -3.48. The molecule has 0 radical (unpaired) electrons. The third kappa shape index (κ3) is 3.06. The number of aromatic amines is 1. The molecule has 0 spiro atoms. The fraction of sp³-hybridized carbons (Fsp3) is 0.158. The third-order valence-electron chi connectivity index (χ3n) is 4.14. The number of pyridine rings is 1. The summed E-state index contributed by atoms with van der Waals surface area (Å²) in [6.45, 7) is 2.94. The molecule has 3 aromatic heterocycles. The van der Waals surface area contributed by atoms with E-state index in [4.69, 9.17) is 4.74 Å². The number of H-pyrrole nitrogens is 1. The highest BCUT2D eigenvalue weighted by atomic mass is 16.5.